The summed E-state index contributed by atoms with van der Waals surface area (Å²) in [6, 6.07) is 13.2. The van der Waals surface area contributed by atoms with Crippen molar-refractivity contribution in [1.82, 2.24) is 14.8 Å². The molecular formula is C18H17ClN4O. The van der Waals surface area contributed by atoms with E-state index in [0.717, 1.165) is 11.1 Å². The van der Waals surface area contributed by atoms with Crippen molar-refractivity contribution in [2.24, 2.45) is 0 Å². The molecule has 1 aromatic carbocycles. The first-order chi connectivity index (χ1) is 11.7. The lowest BCUT2D eigenvalue weighted by Gasteiger charge is -2.09. The molecule has 1 N–H and O–H groups in total. The van der Waals surface area contributed by atoms with Crippen molar-refractivity contribution >= 4 is 23.3 Å². The van der Waals surface area contributed by atoms with Crippen LogP contribution in [0.5, 0.6) is 0 Å². The highest BCUT2D eigenvalue weighted by molar-refractivity contribution is 6.30. The fourth-order valence-corrected chi connectivity index (χ4v) is 2.60. The fourth-order valence-electron chi connectivity index (χ4n) is 2.38. The van der Waals surface area contributed by atoms with Crippen molar-refractivity contribution in [2.45, 2.75) is 19.4 Å². The number of aromatic nitrogens is 3. The fraction of sp³-hybridized carbons (Fsp3) is 0.167. The van der Waals surface area contributed by atoms with Gasteiger partial charge in [-0.15, -0.1) is 0 Å². The van der Waals surface area contributed by atoms with Crippen LogP contribution in [0.1, 0.15) is 17.5 Å². The first-order valence-corrected chi connectivity index (χ1v) is 8.03. The van der Waals surface area contributed by atoms with Crippen molar-refractivity contribution in [2.75, 3.05) is 5.32 Å². The summed E-state index contributed by atoms with van der Waals surface area (Å²) in [5.74, 6) is 0.623. The van der Waals surface area contributed by atoms with E-state index in [-0.39, 0.29) is 5.91 Å². The molecule has 5 nitrogen and oxygen atoms in total. The molecule has 0 radical (unpaired) electrons. The Morgan fingerprint density at radius 2 is 2.00 bits per heavy atom. The Morgan fingerprint density at radius 1 is 1.12 bits per heavy atom. The molecule has 0 saturated heterocycles. The topological polar surface area (TPSA) is 59.8 Å². The third kappa shape index (κ3) is 4.43. The van der Waals surface area contributed by atoms with Crippen LogP contribution in [-0.2, 0) is 17.8 Å². The van der Waals surface area contributed by atoms with Gasteiger partial charge in [-0.2, -0.15) is 5.10 Å². The second kappa shape index (κ2) is 7.75. The highest BCUT2D eigenvalue weighted by Gasteiger charge is 2.08. The lowest BCUT2D eigenvalue weighted by atomic mass is 10.1. The third-order valence-electron chi connectivity index (χ3n) is 3.57. The van der Waals surface area contributed by atoms with E-state index in [1.54, 1.807) is 29.3 Å². The van der Waals surface area contributed by atoms with Crippen molar-refractivity contribution in [3.05, 3.63) is 77.2 Å². The van der Waals surface area contributed by atoms with E-state index in [1.807, 2.05) is 36.4 Å². The van der Waals surface area contributed by atoms with E-state index in [4.69, 9.17) is 11.6 Å². The number of halogens is 1. The van der Waals surface area contributed by atoms with Gasteiger partial charge in [-0.25, -0.2) is 4.68 Å². The first-order valence-electron chi connectivity index (χ1n) is 7.66. The van der Waals surface area contributed by atoms with Gasteiger partial charge in [0.05, 0.1) is 12.7 Å². The Morgan fingerprint density at radius 3 is 2.79 bits per heavy atom. The molecule has 0 saturated carbocycles. The Kier molecular flexibility index (Phi) is 5.23. The first kappa shape index (κ1) is 16.2. The molecule has 0 fully saturated rings. The number of aryl methyl sites for hydroxylation is 1. The standard InChI is InChI=1S/C18H17ClN4O/c19-16-5-1-3-15(11-16)13-23-17(8-10-21-23)22-18(24)7-6-14-4-2-9-20-12-14/h1-5,8-12H,6-7,13H2,(H,22,24). The molecule has 0 unspecified atom stereocenters. The molecule has 122 valence electrons. The van der Waals surface area contributed by atoms with Crippen molar-refractivity contribution in [3.8, 4) is 0 Å². The van der Waals surface area contributed by atoms with E-state index >= 15 is 0 Å². The largest absolute Gasteiger partial charge is 0.311 e. The number of carbonyl (C=O) groups is 1. The van der Waals surface area contributed by atoms with E-state index in [1.165, 1.54) is 0 Å². The number of nitrogens with zero attached hydrogens (tertiary/aromatic N) is 3. The highest BCUT2D eigenvalue weighted by Crippen LogP contribution is 2.15. The number of carbonyl (C=O) groups excluding carboxylic acids is 1. The van der Waals surface area contributed by atoms with Gasteiger partial charge in [0.25, 0.3) is 0 Å². The summed E-state index contributed by atoms with van der Waals surface area (Å²) in [6.45, 7) is 0.547. The highest BCUT2D eigenvalue weighted by atomic mass is 35.5. The van der Waals surface area contributed by atoms with Gasteiger partial charge in [-0.1, -0.05) is 29.8 Å². The zero-order valence-electron chi connectivity index (χ0n) is 13.0. The number of anilines is 1. The van der Waals surface area contributed by atoms with Crippen LogP contribution in [0.4, 0.5) is 5.82 Å². The Bertz CT molecular complexity index is 817. The third-order valence-corrected chi connectivity index (χ3v) is 3.80. The number of pyridine rings is 1. The van der Waals surface area contributed by atoms with Gasteiger partial charge in [-0.05, 0) is 35.7 Å². The Hall–Kier alpha value is -2.66. The van der Waals surface area contributed by atoms with Crippen molar-refractivity contribution in [3.63, 3.8) is 0 Å². The zero-order valence-corrected chi connectivity index (χ0v) is 13.8. The molecule has 0 atom stereocenters. The van der Waals surface area contributed by atoms with E-state index in [9.17, 15) is 4.79 Å². The lowest BCUT2D eigenvalue weighted by Crippen LogP contribution is -2.16. The second-order valence-electron chi connectivity index (χ2n) is 5.41. The number of rotatable bonds is 6. The summed E-state index contributed by atoms with van der Waals surface area (Å²) >= 11 is 6.00. The van der Waals surface area contributed by atoms with Crippen LogP contribution < -0.4 is 5.32 Å². The summed E-state index contributed by atoms with van der Waals surface area (Å²) in [7, 11) is 0. The van der Waals surface area contributed by atoms with Gasteiger partial charge < -0.3 is 5.32 Å². The van der Waals surface area contributed by atoms with Gasteiger partial charge in [0.15, 0.2) is 0 Å². The zero-order chi connectivity index (χ0) is 16.8. The van der Waals surface area contributed by atoms with Gasteiger partial charge >= 0.3 is 0 Å². The minimum Gasteiger partial charge on any atom is -0.311 e. The predicted molar refractivity (Wildman–Crippen MR) is 94.0 cm³/mol. The summed E-state index contributed by atoms with van der Waals surface area (Å²) in [6.07, 6.45) is 6.21. The Labute approximate surface area is 145 Å². The summed E-state index contributed by atoms with van der Waals surface area (Å²) < 4.78 is 1.74. The average molecular weight is 341 g/mol. The van der Waals surface area contributed by atoms with Crippen LogP contribution >= 0.6 is 11.6 Å². The quantitative estimate of drug-likeness (QED) is 0.746. The monoisotopic (exact) mass is 340 g/mol. The summed E-state index contributed by atoms with van der Waals surface area (Å²) in [5.41, 5.74) is 2.07. The normalized spacial score (nSPS) is 10.5. The summed E-state index contributed by atoms with van der Waals surface area (Å²) in [4.78, 5) is 16.2. The van der Waals surface area contributed by atoms with Gasteiger partial charge in [-0.3, -0.25) is 9.78 Å². The molecule has 1 amide bonds. The number of nitrogens with one attached hydrogen (secondary N) is 1. The minimum absolute atomic E-state index is 0.0494. The van der Waals surface area contributed by atoms with Gasteiger partial charge in [0.1, 0.15) is 5.82 Å². The maximum Gasteiger partial charge on any atom is 0.225 e. The lowest BCUT2D eigenvalue weighted by molar-refractivity contribution is -0.116. The smallest absolute Gasteiger partial charge is 0.225 e. The number of hydrogen-bond acceptors (Lipinski definition) is 3. The maximum absolute atomic E-state index is 12.1. The molecule has 3 rings (SSSR count). The second-order valence-corrected chi connectivity index (χ2v) is 5.85. The SMILES string of the molecule is O=C(CCc1cccnc1)Nc1ccnn1Cc1cccc(Cl)c1. The summed E-state index contributed by atoms with van der Waals surface area (Å²) in [5, 5.41) is 7.85. The van der Waals surface area contributed by atoms with Crippen LogP contribution in [0.2, 0.25) is 5.02 Å². The molecule has 0 aliphatic heterocycles. The molecule has 0 aliphatic rings. The van der Waals surface area contributed by atoms with E-state index < -0.39 is 0 Å². The Balaban J connectivity index is 1.59. The van der Waals surface area contributed by atoms with Crippen LogP contribution in [0.3, 0.4) is 0 Å². The van der Waals surface area contributed by atoms with Crippen LogP contribution in [0.15, 0.2) is 61.1 Å². The molecular weight excluding hydrogens is 324 g/mol. The van der Waals surface area contributed by atoms with Crippen molar-refractivity contribution < 1.29 is 4.79 Å². The molecule has 2 heterocycles. The van der Waals surface area contributed by atoms with Gasteiger partial charge in [0, 0.05) is 29.9 Å². The molecule has 24 heavy (non-hydrogen) atoms. The van der Waals surface area contributed by atoms with E-state index in [2.05, 4.69) is 15.4 Å². The number of amides is 1. The molecule has 2 aromatic heterocycles. The van der Waals surface area contributed by atoms with Crippen LogP contribution in [0, 0.1) is 0 Å². The van der Waals surface area contributed by atoms with Crippen molar-refractivity contribution in [1.29, 1.82) is 0 Å². The minimum atomic E-state index is -0.0494. The maximum atomic E-state index is 12.1. The average Bonchev–Trinajstić information content (AvgIpc) is 3.01. The molecule has 0 bridgehead atoms. The van der Waals surface area contributed by atoms with Gasteiger partial charge in [0.2, 0.25) is 5.91 Å². The van der Waals surface area contributed by atoms with Crippen LogP contribution in [-0.4, -0.2) is 20.7 Å². The number of hydrogen-bond donors (Lipinski definition) is 1. The van der Waals surface area contributed by atoms with Crippen LogP contribution in [0.25, 0.3) is 0 Å². The van der Waals surface area contributed by atoms with E-state index in [0.29, 0.717) is 30.2 Å². The molecule has 0 spiro atoms. The number of benzene rings is 1. The predicted octanol–water partition coefficient (Wildman–Crippen LogP) is 3.55. The molecule has 3 aromatic rings. The molecule has 6 heteroatoms. The molecule has 0 aliphatic carbocycles.